The molecule has 0 heteroatoms. The number of hydrogen-bond donors (Lipinski definition) is 0. The van der Waals surface area contributed by atoms with Gasteiger partial charge in [0.2, 0.25) is 0 Å². The van der Waals surface area contributed by atoms with Crippen molar-refractivity contribution in [2.24, 2.45) is 27.6 Å². The van der Waals surface area contributed by atoms with Gasteiger partial charge in [-0.1, -0.05) is 143 Å². The summed E-state index contributed by atoms with van der Waals surface area (Å²) >= 11 is 0. The van der Waals surface area contributed by atoms with Crippen LogP contribution < -0.4 is 0 Å². The molecule has 0 fully saturated rings. The Labute approximate surface area is 190 Å². The third-order valence-corrected chi connectivity index (χ3v) is 4.36. The van der Waals surface area contributed by atoms with Crippen molar-refractivity contribution < 1.29 is 0 Å². The molecule has 29 heavy (non-hydrogen) atoms. The minimum absolute atomic E-state index is 0.522. The standard InChI is InChI=1S/2C8H18.C7H16.C6H14/c1-7(2)6-8(3,4)5;1-5-6-7-8(2,3)4;1-5-6-7(2,3)4;1-5-6(2,3)4/h7H,6H2,1-5H3;5-7H2,1-4H3;5-6H2,1-4H3;5H2,1-4H3. The van der Waals surface area contributed by atoms with E-state index in [0.29, 0.717) is 21.7 Å². The van der Waals surface area contributed by atoms with Crippen LogP contribution in [-0.4, -0.2) is 0 Å². The molecule has 0 spiro atoms. The van der Waals surface area contributed by atoms with Gasteiger partial charge in [0.05, 0.1) is 0 Å². The van der Waals surface area contributed by atoms with Gasteiger partial charge < -0.3 is 0 Å². The molecule has 0 saturated carbocycles. The minimum atomic E-state index is 0.522. The van der Waals surface area contributed by atoms with Gasteiger partial charge in [0.25, 0.3) is 0 Å². The molecule has 0 heterocycles. The largest absolute Gasteiger partial charge is 0.0654 e. The van der Waals surface area contributed by atoms with Crippen molar-refractivity contribution in [1.29, 1.82) is 0 Å². The fraction of sp³-hybridized carbons (Fsp3) is 1.00. The van der Waals surface area contributed by atoms with Gasteiger partial charge in [0, 0.05) is 0 Å². The van der Waals surface area contributed by atoms with E-state index >= 15 is 0 Å². The third kappa shape index (κ3) is 65.5. The van der Waals surface area contributed by atoms with Gasteiger partial charge in [0.15, 0.2) is 0 Å². The lowest BCUT2D eigenvalue weighted by Gasteiger charge is -2.19. The van der Waals surface area contributed by atoms with E-state index in [1.807, 2.05) is 0 Å². The zero-order valence-corrected chi connectivity index (χ0v) is 24.5. The van der Waals surface area contributed by atoms with Crippen molar-refractivity contribution in [2.45, 2.75) is 163 Å². The quantitative estimate of drug-likeness (QED) is 0.429. The Morgan fingerprint density at radius 2 is 0.828 bits per heavy atom. The SMILES string of the molecule is CC(C)CC(C)(C)C.CCC(C)(C)C.CCCC(C)(C)C.CCCCC(C)(C)C. The lowest BCUT2D eigenvalue weighted by atomic mass is 9.86. The molecule has 0 unspecified atom stereocenters. The summed E-state index contributed by atoms with van der Waals surface area (Å²) in [4.78, 5) is 0. The second-order valence-electron chi connectivity index (χ2n) is 14.0. The Balaban J connectivity index is -0.000000145. The maximum Gasteiger partial charge on any atom is -0.0380 e. The van der Waals surface area contributed by atoms with E-state index in [0.717, 1.165) is 5.92 Å². The van der Waals surface area contributed by atoms with E-state index in [-0.39, 0.29) is 0 Å². The first kappa shape index (κ1) is 36.4. The van der Waals surface area contributed by atoms with Crippen LogP contribution in [0.5, 0.6) is 0 Å². The summed E-state index contributed by atoms with van der Waals surface area (Å²) in [6.07, 6.45) is 9.32. The topological polar surface area (TPSA) is 0 Å². The average Bonchev–Trinajstić information content (AvgIpc) is 2.41. The van der Waals surface area contributed by atoms with Crippen molar-refractivity contribution in [3.8, 4) is 0 Å². The number of unbranched alkanes of at least 4 members (excludes halogenated alkanes) is 1. The monoisotopic (exact) mass is 415 g/mol. The Morgan fingerprint density at radius 3 is 0.862 bits per heavy atom. The molecule has 0 aliphatic heterocycles. The van der Waals surface area contributed by atoms with Gasteiger partial charge in [0.1, 0.15) is 0 Å². The molecule has 0 radical (unpaired) electrons. The zero-order valence-electron chi connectivity index (χ0n) is 24.5. The average molecular weight is 415 g/mol. The van der Waals surface area contributed by atoms with Crippen molar-refractivity contribution in [2.75, 3.05) is 0 Å². The second kappa shape index (κ2) is 17.7. The predicted molar refractivity (Wildman–Crippen MR) is 142 cm³/mol. The van der Waals surface area contributed by atoms with Crippen LogP contribution in [0.3, 0.4) is 0 Å². The van der Waals surface area contributed by atoms with Gasteiger partial charge in [-0.05, 0) is 46.8 Å². The van der Waals surface area contributed by atoms with E-state index in [1.54, 1.807) is 0 Å². The first-order valence-electron chi connectivity index (χ1n) is 12.6. The summed E-state index contributed by atoms with van der Waals surface area (Å²) in [7, 11) is 0. The van der Waals surface area contributed by atoms with Crippen LogP contribution in [0.2, 0.25) is 0 Å². The van der Waals surface area contributed by atoms with E-state index in [2.05, 4.69) is 118 Å². The molecule has 182 valence electrons. The van der Waals surface area contributed by atoms with Gasteiger partial charge >= 0.3 is 0 Å². The van der Waals surface area contributed by atoms with Crippen LogP contribution in [0.4, 0.5) is 0 Å². The fourth-order valence-corrected chi connectivity index (χ4v) is 2.68. The summed E-state index contributed by atoms with van der Waals surface area (Å²) in [6.45, 7) is 38.5. The van der Waals surface area contributed by atoms with E-state index in [1.165, 1.54) is 44.9 Å². The first-order chi connectivity index (χ1) is 12.6. The van der Waals surface area contributed by atoms with Gasteiger partial charge in [-0.3, -0.25) is 0 Å². The van der Waals surface area contributed by atoms with Crippen molar-refractivity contribution in [1.82, 2.24) is 0 Å². The molecule has 0 N–H and O–H groups in total. The summed E-state index contributed by atoms with van der Waals surface area (Å²) in [5.41, 5.74) is 2.17. The Hall–Kier alpha value is 0. The Morgan fingerprint density at radius 1 is 0.483 bits per heavy atom. The van der Waals surface area contributed by atoms with Crippen LogP contribution in [-0.2, 0) is 0 Å². The van der Waals surface area contributed by atoms with E-state index in [4.69, 9.17) is 0 Å². The van der Waals surface area contributed by atoms with Crippen LogP contribution in [0, 0.1) is 27.6 Å². The summed E-state index contributed by atoms with van der Waals surface area (Å²) in [5.74, 6) is 0.843. The zero-order chi connectivity index (χ0) is 24.5. The predicted octanol–water partition coefficient (Wildman–Crippen LogP) is 11.6. The minimum Gasteiger partial charge on any atom is -0.0654 e. The molecule has 0 nitrogen and oxygen atoms in total. The molecule has 0 atom stereocenters. The maximum absolute atomic E-state index is 2.29. The molecular weight excluding hydrogens is 348 g/mol. The molecule has 0 aromatic heterocycles. The molecule has 0 saturated heterocycles. The Kier molecular flexibility index (Phi) is 22.1. The van der Waals surface area contributed by atoms with Crippen molar-refractivity contribution in [3.63, 3.8) is 0 Å². The highest BCUT2D eigenvalue weighted by molar-refractivity contribution is 4.62. The van der Waals surface area contributed by atoms with Crippen LogP contribution in [0.25, 0.3) is 0 Å². The second-order valence-corrected chi connectivity index (χ2v) is 14.0. The highest BCUT2D eigenvalue weighted by Crippen LogP contribution is 2.23. The molecular formula is C29H66. The summed E-state index contributed by atoms with van der Waals surface area (Å²) in [5, 5.41) is 0. The van der Waals surface area contributed by atoms with Crippen LogP contribution in [0.1, 0.15) is 163 Å². The molecule has 0 aliphatic carbocycles. The lowest BCUT2D eigenvalue weighted by molar-refractivity contribution is 0.320. The first-order valence-corrected chi connectivity index (χ1v) is 12.6. The van der Waals surface area contributed by atoms with Crippen LogP contribution in [0.15, 0.2) is 0 Å². The molecule has 0 bridgehead atoms. The fourth-order valence-electron chi connectivity index (χ4n) is 2.68. The highest BCUT2D eigenvalue weighted by Gasteiger charge is 2.11. The third-order valence-electron chi connectivity index (χ3n) is 4.36. The smallest absolute Gasteiger partial charge is 0.0380 e. The normalized spacial score (nSPS) is 12.2. The van der Waals surface area contributed by atoms with E-state index < -0.39 is 0 Å². The molecule has 0 amide bonds. The van der Waals surface area contributed by atoms with Crippen LogP contribution >= 0.6 is 0 Å². The van der Waals surface area contributed by atoms with Gasteiger partial charge in [-0.25, -0.2) is 0 Å². The number of rotatable bonds is 4. The number of hydrogen-bond acceptors (Lipinski definition) is 0. The summed E-state index contributed by atoms with van der Waals surface area (Å²) < 4.78 is 0. The molecule has 0 aliphatic rings. The van der Waals surface area contributed by atoms with E-state index in [9.17, 15) is 0 Å². The Bertz CT molecular complexity index is 306. The van der Waals surface area contributed by atoms with Crippen molar-refractivity contribution in [3.05, 3.63) is 0 Å². The molecule has 0 aromatic carbocycles. The van der Waals surface area contributed by atoms with Gasteiger partial charge in [-0.2, -0.15) is 0 Å². The van der Waals surface area contributed by atoms with Crippen molar-refractivity contribution >= 4 is 0 Å². The highest BCUT2D eigenvalue weighted by atomic mass is 14.2. The maximum atomic E-state index is 2.29. The van der Waals surface area contributed by atoms with Gasteiger partial charge in [-0.15, -0.1) is 0 Å². The molecule has 0 aromatic rings. The molecule has 0 rings (SSSR count). The summed E-state index contributed by atoms with van der Waals surface area (Å²) in [6, 6.07) is 0. The lowest BCUT2D eigenvalue weighted by Crippen LogP contribution is -2.08.